The molecule has 0 aromatic rings. The van der Waals surface area contributed by atoms with Crippen LogP contribution in [0, 0.1) is 0 Å². The highest BCUT2D eigenvalue weighted by Crippen LogP contribution is 2.29. The van der Waals surface area contributed by atoms with Gasteiger partial charge < -0.3 is 10.2 Å². The highest BCUT2D eigenvalue weighted by atomic mass is 32.2. The van der Waals surface area contributed by atoms with Gasteiger partial charge in [0.2, 0.25) is 0 Å². The molecule has 0 aromatic carbocycles. The Balaban J connectivity index is 1.91. The van der Waals surface area contributed by atoms with Crippen LogP contribution in [-0.4, -0.2) is 48.1 Å². The van der Waals surface area contributed by atoms with Gasteiger partial charge in [-0.15, -0.1) is 0 Å². The lowest BCUT2D eigenvalue weighted by Gasteiger charge is -2.37. The van der Waals surface area contributed by atoms with E-state index >= 15 is 0 Å². The first kappa shape index (κ1) is 16.3. The largest absolute Gasteiger partial charge is 0.317 e. The topological polar surface area (TPSA) is 15.3 Å². The van der Waals surface area contributed by atoms with Gasteiger partial charge in [0.05, 0.1) is 0 Å². The van der Waals surface area contributed by atoms with Crippen molar-refractivity contribution in [3.8, 4) is 0 Å². The fourth-order valence-corrected chi connectivity index (χ4v) is 3.72. The number of rotatable bonds is 9. The van der Waals surface area contributed by atoms with Gasteiger partial charge in [0.15, 0.2) is 0 Å². The van der Waals surface area contributed by atoms with Gasteiger partial charge in [0.1, 0.15) is 0 Å². The van der Waals surface area contributed by atoms with Crippen molar-refractivity contribution in [2.24, 2.45) is 0 Å². The van der Waals surface area contributed by atoms with Gasteiger partial charge in [-0.05, 0) is 52.7 Å². The summed E-state index contributed by atoms with van der Waals surface area (Å²) in [5.41, 5.74) is 0. The van der Waals surface area contributed by atoms with Crippen molar-refractivity contribution in [2.45, 2.75) is 57.6 Å². The molecule has 0 atom stereocenters. The third kappa shape index (κ3) is 7.65. The molecule has 108 valence electrons. The molecule has 0 aromatic heterocycles. The van der Waals surface area contributed by atoms with E-state index in [0.29, 0.717) is 4.75 Å². The van der Waals surface area contributed by atoms with E-state index in [1.54, 1.807) is 0 Å². The molecule has 1 N–H and O–H groups in total. The van der Waals surface area contributed by atoms with Crippen LogP contribution < -0.4 is 5.32 Å². The predicted molar refractivity (Wildman–Crippen MR) is 84.6 cm³/mol. The first-order valence-corrected chi connectivity index (χ1v) is 8.69. The molecule has 1 aliphatic heterocycles. The molecule has 1 heterocycles. The molecule has 0 aliphatic carbocycles. The molecule has 0 radical (unpaired) electrons. The molecular formula is C15H32N2S. The monoisotopic (exact) mass is 272 g/mol. The van der Waals surface area contributed by atoms with E-state index < -0.39 is 0 Å². The molecule has 0 unspecified atom stereocenters. The van der Waals surface area contributed by atoms with E-state index in [-0.39, 0.29) is 0 Å². The van der Waals surface area contributed by atoms with E-state index in [1.807, 2.05) is 0 Å². The second kappa shape index (κ2) is 9.22. The van der Waals surface area contributed by atoms with Crippen molar-refractivity contribution < 1.29 is 0 Å². The molecule has 1 rings (SSSR count). The zero-order chi connectivity index (χ0) is 13.3. The van der Waals surface area contributed by atoms with Crippen molar-refractivity contribution >= 4 is 11.8 Å². The summed E-state index contributed by atoms with van der Waals surface area (Å²) >= 11 is 2.13. The van der Waals surface area contributed by atoms with Gasteiger partial charge in [-0.1, -0.05) is 19.8 Å². The minimum atomic E-state index is 0.475. The van der Waals surface area contributed by atoms with Crippen LogP contribution in [0.4, 0.5) is 0 Å². The zero-order valence-electron chi connectivity index (χ0n) is 12.6. The maximum atomic E-state index is 3.47. The Morgan fingerprint density at radius 2 is 1.89 bits per heavy atom. The summed E-state index contributed by atoms with van der Waals surface area (Å²) in [5.74, 6) is 1.31. The summed E-state index contributed by atoms with van der Waals surface area (Å²) in [6, 6.07) is 0. The third-order valence-corrected chi connectivity index (χ3v) is 4.81. The zero-order valence-corrected chi connectivity index (χ0v) is 13.5. The smallest absolute Gasteiger partial charge is 0.0231 e. The van der Waals surface area contributed by atoms with Crippen LogP contribution >= 0.6 is 11.8 Å². The van der Waals surface area contributed by atoms with Gasteiger partial charge in [-0.2, -0.15) is 11.8 Å². The van der Waals surface area contributed by atoms with Crippen LogP contribution in [0.2, 0.25) is 0 Å². The molecule has 0 saturated carbocycles. The minimum Gasteiger partial charge on any atom is -0.317 e. The lowest BCUT2D eigenvalue weighted by Crippen LogP contribution is -2.43. The van der Waals surface area contributed by atoms with E-state index in [9.17, 15) is 0 Å². The first-order chi connectivity index (χ1) is 8.64. The molecular weight excluding hydrogens is 240 g/mol. The summed E-state index contributed by atoms with van der Waals surface area (Å²) in [4.78, 5) is 2.66. The van der Waals surface area contributed by atoms with Gasteiger partial charge >= 0.3 is 0 Å². The van der Waals surface area contributed by atoms with Gasteiger partial charge in [-0.25, -0.2) is 0 Å². The summed E-state index contributed by atoms with van der Waals surface area (Å²) in [7, 11) is 0. The summed E-state index contributed by atoms with van der Waals surface area (Å²) in [6.45, 7) is 13.3. The fourth-order valence-electron chi connectivity index (χ4n) is 2.55. The number of thioether (sulfide) groups is 1. The van der Waals surface area contributed by atoms with E-state index in [4.69, 9.17) is 0 Å². The standard InChI is InChI=1S/C15H32N2S/c1-4-9-16-10-7-5-6-8-11-17-12-13-18-15(2,3)14-17/h16H,4-14H2,1-3H3. The Morgan fingerprint density at radius 1 is 1.11 bits per heavy atom. The molecule has 0 bridgehead atoms. The van der Waals surface area contributed by atoms with Crippen LogP contribution in [0.5, 0.6) is 0 Å². The Hall–Kier alpha value is 0.270. The van der Waals surface area contributed by atoms with Gasteiger partial charge in [-0.3, -0.25) is 0 Å². The van der Waals surface area contributed by atoms with E-state index in [2.05, 4.69) is 42.7 Å². The van der Waals surface area contributed by atoms with Crippen LogP contribution in [-0.2, 0) is 0 Å². The Bertz CT molecular complexity index is 207. The maximum Gasteiger partial charge on any atom is 0.0231 e. The van der Waals surface area contributed by atoms with E-state index in [0.717, 1.165) is 0 Å². The molecule has 0 spiro atoms. The average molecular weight is 273 g/mol. The van der Waals surface area contributed by atoms with Crippen LogP contribution in [0.15, 0.2) is 0 Å². The number of nitrogens with zero attached hydrogens (tertiary/aromatic N) is 1. The lowest BCUT2D eigenvalue weighted by molar-refractivity contribution is 0.254. The second-order valence-electron chi connectivity index (χ2n) is 6.05. The molecule has 1 fully saturated rings. The lowest BCUT2D eigenvalue weighted by atomic mass is 10.1. The number of nitrogens with one attached hydrogen (secondary N) is 1. The Labute approximate surface area is 118 Å². The van der Waals surface area contributed by atoms with Crippen LogP contribution in [0.1, 0.15) is 52.9 Å². The highest BCUT2D eigenvalue weighted by Gasteiger charge is 2.26. The molecule has 1 aliphatic rings. The summed E-state index contributed by atoms with van der Waals surface area (Å²) in [6.07, 6.45) is 6.78. The van der Waals surface area contributed by atoms with Gasteiger partial charge in [0.25, 0.3) is 0 Å². The van der Waals surface area contributed by atoms with E-state index in [1.165, 1.54) is 70.6 Å². The Kier molecular flexibility index (Phi) is 8.36. The van der Waals surface area contributed by atoms with Crippen molar-refractivity contribution in [3.63, 3.8) is 0 Å². The third-order valence-electron chi connectivity index (χ3n) is 3.51. The first-order valence-electron chi connectivity index (χ1n) is 7.71. The number of unbranched alkanes of at least 4 members (excludes halogenated alkanes) is 3. The fraction of sp³-hybridized carbons (Fsp3) is 1.00. The van der Waals surface area contributed by atoms with Crippen molar-refractivity contribution in [1.82, 2.24) is 10.2 Å². The molecule has 3 heteroatoms. The van der Waals surface area contributed by atoms with Crippen LogP contribution in [0.3, 0.4) is 0 Å². The maximum absolute atomic E-state index is 3.47. The van der Waals surface area contributed by atoms with Crippen molar-refractivity contribution in [2.75, 3.05) is 38.5 Å². The minimum absolute atomic E-state index is 0.475. The predicted octanol–water partition coefficient (Wildman–Crippen LogP) is 3.37. The van der Waals surface area contributed by atoms with Crippen LogP contribution in [0.25, 0.3) is 0 Å². The summed E-state index contributed by atoms with van der Waals surface area (Å²) < 4.78 is 0.475. The van der Waals surface area contributed by atoms with Gasteiger partial charge in [0, 0.05) is 23.6 Å². The SMILES string of the molecule is CCCNCCCCCCN1CCSC(C)(C)C1. The van der Waals surface area contributed by atoms with Crippen molar-refractivity contribution in [3.05, 3.63) is 0 Å². The highest BCUT2D eigenvalue weighted by molar-refractivity contribution is 8.00. The number of hydrogen-bond acceptors (Lipinski definition) is 3. The van der Waals surface area contributed by atoms with Crippen molar-refractivity contribution in [1.29, 1.82) is 0 Å². The number of hydrogen-bond donors (Lipinski definition) is 1. The molecule has 18 heavy (non-hydrogen) atoms. The quantitative estimate of drug-likeness (QED) is 0.648. The summed E-state index contributed by atoms with van der Waals surface area (Å²) in [5, 5.41) is 3.47. The average Bonchev–Trinajstić information content (AvgIpc) is 2.31. The normalized spacial score (nSPS) is 20.2. The second-order valence-corrected chi connectivity index (χ2v) is 7.85. The molecule has 0 amide bonds. The Morgan fingerprint density at radius 3 is 2.61 bits per heavy atom. The molecule has 1 saturated heterocycles. The molecule has 2 nitrogen and oxygen atoms in total.